The van der Waals surface area contributed by atoms with Crippen LogP contribution in [0.3, 0.4) is 0 Å². The highest BCUT2D eigenvalue weighted by Gasteiger charge is 2.42. The van der Waals surface area contributed by atoms with E-state index < -0.39 is 6.04 Å². The van der Waals surface area contributed by atoms with Gasteiger partial charge in [-0.05, 0) is 61.6 Å². The Kier molecular flexibility index (Phi) is 5.83. The van der Waals surface area contributed by atoms with Gasteiger partial charge in [-0.15, -0.1) is 0 Å². The lowest BCUT2D eigenvalue weighted by atomic mass is 9.97. The van der Waals surface area contributed by atoms with Crippen molar-refractivity contribution >= 4 is 16.9 Å². The lowest BCUT2D eigenvalue weighted by Crippen LogP contribution is -2.31. The molecule has 1 aliphatic heterocycles. The number of carbonyl (C=O) groups is 1. The molecule has 1 unspecified atom stereocenters. The number of hydrogen-bond donors (Lipinski definition) is 1. The number of benzene rings is 2. The van der Waals surface area contributed by atoms with E-state index in [4.69, 9.17) is 9.15 Å². The van der Waals surface area contributed by atoms with Gasteiger partial charge < -0.3 is 19.2 Å². The Morgan fingerprint density at radius 2 is 1.87 bits per heavy atom. The van der Waals surface area contributed by atoms with E-state index in [0.29, 0.717) is 36.1 Å². The second-order valence-electron chi connectivity index (χ2n) is 8.02. The summed E-state index contributed by atoms with van der Waals surface area (Å²) < 4.78 is 11.7. The molecule has 2 heterocycles. The topological polar surface area (TPSA) is 80.0 Å². The van der Waals surface area contributed by atoms with E-state index in [9.17, 15) is 14.7 Å². The first-order valence-electron chi connectivity index (χ1n) is 10.7. The van der Waals surface area contributed by atoms with Crippen LogP contribution < -0.4 is 10.2 Å². The maximum Gasteiger partial charge on any atom is 0.290 e. The lowest BCUT2D eigenvalue weighted by Gasteiger charge is -2.25. The minimum Gasteiger partial charge on any atom is -0.494 e. The van der Waals surface area contributed by atoms with Crippen LogP contribution in [-0.2, 0) is 0 Å². The molecule has 0 spiro atoms. The van der Waals surface area contributed by atoms with Gasteiger partial charge in [0.25, 0.3) is 5.91 Å². The van der Waals surface area contributed by atoms with Crippen molar-refractivity contribution in [2.75, 3.05) is 19.8 Å². The summed E-state index contributed by atoms with van der Waals surface area (Å²) in [6.07, 6.45) is 1.33. The summed E-state index contributed by atoms with van der Waals surface area (Å²) in [6, 6.07) is 10.7. The molecule has 4 rings (SSSR count). The number of fused-ring (bicyclic) bond motifs is 2. The predicted molar refractivity (Wildman–Crippen MR) is 119 cm³/mol. The van der Waals surface area contributed by atoms with E-state index in [1.165, 1.54) is 0 Å². The number of carbonyl (C=O) groups excluding carboxylic acids is 1. The molecule has 0 saturated carbocycles. The molecule has 0 aliphatic carbocycles. The highest BCUT2D eigenvalue weighted by molar-refractivity contribution is 5.99. The molecule has 6 nitrogen and oxygen atoms in total. The molecule has 0 bridgehead atoms. The van der Waals surface area contributed by atoms with Gasteiger partial charge in [0.15, 0.2) is 5.43 Å². The van der Waals surface area contributed by atoms with Crippen molar-refractivity contribution < 1.29 is 19.1 Å². The number of rotatable bonds is 7. The second kappa shape index (κ2) is 8.55. The molecule has 0 radical (unpaired) electrons. The lowest BCUT2D eigenvalue weighted by molar-refractivity contribution is 0.0716. The van der Waals surface area contributed by atoms with Crippen LogP contribution in [0.15, 0.2) is 45.6 Å². The molecule has 0 fully saturated rings. The van der Waals surface area contributed by atoms with E-state index in [1.807, 2.05) is 51.1 Å². The fourth-order valence-electron chi connectivity index (χ4n) is 4.30. The number of ether oxygens (including phenoxy) is 1. The van der Waals surface area contributed by atoms with Crippen molar-refractivity contribution in [1.29, 1.82) is 0 Å². The molecule has 1 aromatic heterocycles. The molecule has 1 N–H and O–H groups in total. The standard InChI is InChI=1S/C25H27NO5/c1-4-12-30-18-8-6-17(7-9-18)22-21-23(28)20-16(3)13-15(2)14-19(20)31-24(21)25(29)26(22)10-5-11-27/h6-9,13-14,22,27H,4-5,10-12H2,1-3H3. The first-order chi connectivity index (χ1) is 15.0. The zero-order valence-corrected chi connectivity index (χ0v) is 18.1. The number of amides is 1. The SMILES string of the molecule is CCCOc1ccc(C2c3c(oc4cc(C)cc(C)c4c3=O)C(=O)N2CCCO)cc1. The maximum absolute atomic E-state index is 13.6. The summed E-state index contributed by atoms with van der Waals surface area (Å²) in [5.41, 5.74) is 3.23. The van der Waals surface area contributed by atoms with Gasteiger partial charge in [0.1, 0.15) is 11.3 Å². The third-order valence-corrected chi connectivity index (χ3v) is 5.64. The summed E-state index contributed by atoms with van der Waals surface area (Å²) in [7, 11) is 0. The fourth-order valence-corrected chi connectivity index (χ4v) is 4.30. The third-order valence-electron chi connectivity index (χ3n) is 5.64. The first kappa shape index (κ1) is 21.1. The zero-order valence-electron chi connectivity index (χ0n) is 18.1. The Balaban J connectivity index is 1.88. The fraction of sp³-hybridized carbons (Fsp3) is 0.360. The highest BCUT2D eigenvalue weighted by Crippen LogP contribution is 2.39. The van der Waals surface area contributed by atoms with Crippen LogP contribution in [0.1, 0.15) is 58.6 Å². The summed E-state index contributed by atoms with van der Waals surface area (Å²) >= 11 is 0. The van der Waals surface area contributed by atoms with Gasteiger partial charge in [0.05, 0.1) is 23.6 Å². The van der Waals surface area contributed by atoms with Crippen LogP contribution >= 0.6 is 0 Å². The van der Waals surface area contributed by atoms with Gasteiger partial charge in [0.2, 0.25) is 5.76 Å². The number of nitrogens with zero attached hydrogens (tertiary/aromatic N) is 1. The van der Waals surface area contributed by atoms with Gasteiger partial charge >= 0.3 is 0 Å². The van der Waals surface area contributed by atoms with Crippen molar-refractivity contribution in [2.24, 2.45) is 0 Å². The van der Waals surface area contributed by atoms with Crippen LogP contribution in [0, 0.1) is 13.8 Å². The van der Waals surface area contributed by atoms with E-state index in [0.717, 1.165) is 28.9 Å². The average molecular weight is 421 g/mol. The Bertz CT molecular complexity index is 1180. The number of hydrogen-bond acceptors (Lipinski definition) is 5. The molecule has 1 atom stereocenters. The predicted octanol–water partition coefficient (Wildman–Crippen LogP) is 4.13. The van der Waals surface area contributed by atoms with Crippen molar-refractivity contribution in [3.63, 3.8) is 0 Å². The van der Waals surface area contributed by atoms with Crippen LogP contribution in [-0.4, -0.2) is 35.7 Å². The van der Waals surface area contributed by atoms with Gasteiger partial charge in [-0.25, -0.2) is 0 Å². The second-order valence-corrected chi connectivity index (χ2v) is 8.02. The van der Waals surface area contributed by atoms with Gasteiger partial charge in [-0.1, -0.05) is 25.1 Å². The largest absolute Gasteiger partial charge is 0.494 e. The summed E-state index contributed by atoms with van der Waals surface area (Å²) in [4.78, 5) is 28.5. The number of aliphatic hydroxyl groups is 1. The van der Waals surface area contributed by atoms with Gasteiger partial charge in [0, 0.05) is 13.2 Å². The Labute approximate surface area is 181 Å². The molecule has 0 saturated heterocycles. The van der Waals surface area contributed by atoms with E-state index in [1.54, 1.807) is 11.0 Å². The van der Waals surface area contributed by atoms with Crippen molar-refractivity contribution in [1.82, 2.24) is 4.90 Å². The maximum atomic E-state index is 13.6. The number of aliphatic hydroxyl groups excluding tert-OH is 1. The Morgan fingerprint density at radius 3 is 2.55 bits per heavy atom. The summed E-state index contributed by atoms with van der Waals surface area (Å²) in [6.45, 7) is 6.76. The molecule has 6 heteroatoms. The molecular weight excluding hydrogens is 394 g/mol. The van der Waals surface area contributed by atoms with Crippen molar-refractivity contribution in [3.8, 4) is 5.75 Å². The molecule has 3 aromatic rings. The van der Waals surface area contributed by atoms with Crippen molar-refractivity contribution in [2.45, 2.75) is 39.7 Å². The van der Waals surface area contributed by atoms with E-state index in [2.05, 4.69) is 0 Å². The van der Waals surface area contributed by atoms with Crippen LogP contribution in [0.5, 0.6) is 5.75 Å². The Morgan fingerprint density at radius 1 is 1.13 bits per heavy atom. The zero-order chi connectivity index (χ0) is 22.1. The molecule has 162 valence electrons. The minimum atomic E-state index is -0.560. The van der Waals surface area contributed by atoms with Crippen LogP contribution in [0.4, 0.5) is 0 Å². The average Bonchev–Trinajstić information content (AvgIpc) is 3.02. The molecule has 2 aromatic carbocycles. The monoisotopic (exact) mass is 421 g/mol. The smallest absolute Gasteiger partial charge is 0.290 e. The molecule has 1 amide bonds. The van der Waals surface area contributed by atoms with Gasteiger partial charge in [-0.2, -0.15) is 0 Å². The highest BCUT2D eigenvalue weighted by atomic mass is 16.5. The molecule has 1 aliphatic rings. The van der Waals surface area contributed by atoms with E-state index in [-0.39, 0.29) is 23.7 Å². The van der Waals surface area contributed by atoms with Gasteiger partial charge in [-0.3, -0.25) is 9.59 Å². The van der Waals surface area contributed by atoms with Crippen LogP contribution in [0.25, 0.3) is 11.0 Å². The molecule has 31 heavy (non-hydrogen) atoms. The van der Waals surface area contributed by atoms with Crippen molar-refractivity contribution in [3.05, 3.63) is 74.6 Å². The normalized spacial score (nSPS) is 15.5. The Hall–Kier alpha value is -3.12. The quantitative estimate of drug-likeness (QED) is 0.621. The number of aryl methyl sites for hydroxylation is 2. The minimum absolute atomic E-state index is 0.0434. The summed E-state index contributed by atoms with van der Waals surface area (Å²) in [5.74, 6) is 0.517. The van der Waals surface area contributed by atoms with E-state index >= 15 is 0 Å². The summed E-state index contributed by atoms with van der Waals surface area (Å²) in [5, 5.41) is 9.85. The molecular formula is C25H27NO5. The van der Waals surface area contributed by atoms with Crippen LogP contribution in [0.2, 0.25) is 0 Å². The first-order valence-corrected chi connectivity index (χ1v) is 10.7. The third kappa shape index (κ3) is 3.72.